The Bertz CT molecular complexity index is 697. The summed E-state index contributed by atoms with van der Waals surface area (Å²) >= 11 is 3.38. The van der Waals surface area contributed by atoms with Gasteiger partial charge in [-0.2, -0.15) is 5.10 Å². The summed E-state index contributed by atoms with van der Waals surface area (Å²) in [6.45, 7) is 0.311. The Morgan fingerprint density at radius 3 is 2.59 bits per heavy atom. The van der Waals surface area contributed by atoms with Gasteiger partial charge in [-0.15, -0.1) is 5.10 Å². The Balaban J connectivity index is 2.14. The summed E-state index contributed by atoms with van der Waals surface area (Å²) in [7, 11) is 0. The molecular weight excluding hydrogens is 351 g/mol. The van der Waals surface area contributed by atoms with Crippen LogP contribution in [0.3, 0.4) is 0 Å². The maximum Gasteiger partial charge on any atom is 0.211 e. The van der Waals surface area contributed by atoms with E-state index in [-0.39, 0.29) is 11.8 Å². The Labute approximate surface area is 135 Å². The van der Waals surface area contributed by atoms with E-state index < -0.39 is 0 Å². The molecule has 0 radical (unpaired) electrons. The molecule has 4 N–H and O–H groups in total. The second-order valence-corrected chi connectivity index (χ2v) is 5.28. The molecule has 22 heavy (non-hydrogen) atoms. The molecule has 114 valence electrons. The first-order valence-electron chi connectivity index (χ1n) is 6.33. The largest absolute Gasteiger partial charge is 0.488 e. The molecule has 0 fully saturated rings. The molecule has 0 atom stereocenters. The minimum atomic E-state index is -0.280. The van der Waals surface area contributed by atoms with Gasteiger partial charge in [0.15, 0.2) is 0 Å². The fourth-order valence-electron chi connectivity index (χ4n) is 1.65. The number of hydrogen-bond acceptors (Lipinski definition) is 3. The van der Waals surface area contributed by atoms with Crippen LogP contribution in [-0.4, -0.2) is 12.2 Å². The second-order valence-electron chi connectivity index (χ2n) is 4.37. The number of nitrogens with zero attached hydrogens (tertiary/aromatic N) is 2. The Morgan fingerprint density at radius 1 is 1.18 bits per heavy atom. The predicted molar refractivity (Wildman–Crippen MR) is 88.3 cm³/mol. The topological polar surface area (TPSA) is 86.0 Å². The Morgan fingerprint density at radius 2 is 1.91 bits per heavy atom. The number of nitrogens with two attached hydrogens (primary N) is 2. The quantitative estimate of drug-likeness (QED) is 0.485. The molecule has 0 aliphatic rings. The molecule has 0 aromatic heterocycles. The van der Waals surface area contributed by atoms with Crippen molar-refractivity contribution in [2.24, 2.45) is 21.7 Å². The maximum atomic E-state index is 12.9. The lowest BCUT2D eigenvalue weighted by Crippen LogP contribution is -2.21. The zero-order valence-corrected chi connectivity index (χ0v) is 13.1. The van der Waals surface area contributed by atoms with Crippen molar-refractivity contribution >= 4 is 28.1 Å². The molecule has 0 saturated carbocycles. The van der Waals surface area contributed by atoms with Crippen LogP contribution in [0.25, 0.3) is 0 Å². The Kier molecular flexibility index (Phi) is 5.48. The summed E-state index contributed by atoms with van der Waals surface area (Å²) in [5.41, 5.74) is 12.0. The van der Waals surface area contributed by atoms with Crippen LogP contribution in [-0.2, 0) is 6.61 Å². The van der Waals surface area contributed by atoms with Crippen molar-refractivity contribution in [2.75, 3.05) is 0 Å². The first-order valence-corrected chi connectivity index (χ1v) is 7.12. The van der Waals surface area contributed by atoms with Gasteiger partial charge in [-0.25, -0.2) is 4.39 Å². The van der Waals surface area contributed by atoms with E-state index >= 15 is 0 Å². The van der Waals surface area contributed by atoms with Crippen LogP contribution in [0.15, 0.2) is 57.1 Å². The minimum Gasteiger partial charge on any atom is -0.488 e. The number of benzene rings is 2. The van der Waals surface area contributed by atoms with E-state index in [1.165, 1.54) is 18.3 Å². The number of rotatable bonds is 5. The standard InChI is InChI=1S/C15H14BrFN4O/c16-12-3-6-14(11(7-12)8-20-21-15(18)19)22-9-10-1-4-13(17)5-2-10/h1-8H,9H2,(H4,18,19,21)/b20-8+. The van der Waals surface area contributed by atoms with Crippen LogP contribution >= 0.6 is 15.9 Å². The summed E-state index contributed by atoms with van der Waals surface area (Å²) < 4.78 is 19.5. The third kappa shape index (κ3) is 4.85. The van der Waals surface area contributed by atoms with E-state index in [9.17, 15) is 4.39 Å². The molecule has 7 heteroatoms. The van der Waals surface area contributed by atoms with E-state index in [0.29, 0.717) is 17.9 Å². The summed E-state index contributed by atoms with van der Waals surface area (Å²) in [4.78, 5) is 0. The van der Waals surface area contributed by atoms with Crippen molar-refractivity contribution in [2.45, 2.75) is 6.61 Å². The van der Waals surface area contributed by atoms with Crippen molar-refractivity contribution in [3.63, 3.8) is 0 Å². The average Bonchev–Trinajstić information content (AvgIpc) is 2.48. The highest BCUT2D eigenvalue weighted by atomic mass is 79.9. The van der Waals surface area contributed by atoms with Crippen molar-refractivity contribution in [3.8, 4) is 5.75 Å². The minimum absolute atomic E-state index is 0.125. The van der Waals surface area contributed by atoms with Crippen LogP contribution < -0.4 is 16.2 Å². The summed E-state index contributed by atoms with van der Waals surface area (Å²) in [6, 6.07) is 11.6. The average molecular weight is 365 g/mol. The molecule has 5 nitrogen and oxygen atoms in total. The lowest BCUT2D eigenvalue weighted by Gasteiger charge is -2.09. The fourth-order valence-corrected chi connectivity index (χ4v) is 2.03. The molecule has 2 rings (SSSR count). The van der Waals surface area contributed by atoms with Gasteiger partial charge in [-0.3, -0.25) is 0 Å². The van der Waals surface area contributed by atoms with Crippen molar-refractivity contribution in [1.29, 1.82) is 0 Å². The first-order chi connectivity index (χ1) is 10.5. The van der Waals surface area contributed by atoms with Crippen molar-refractivity contribution in [1.82, 2.24) is 0 Å². The first kappa shape index (κ1) is 16.0. The van der Waals surface area contributed by atoms with Crippen molar-refractivity contribution < 1.29 is 9.13 Å². The second kappa shape index (κ2) is 7.56. The van der Waals surface area contributed by atoms with Gasteiger partial charge in [0.2, 0.25) is 5.96 Å². The number of hydrogen-bond donors (Lipinski definition) is 2. The van der Waals surface area contributed by atoms with Gasteiger partial charge in [0.05, 0.1) is 6.21 Å². The number of guanidine groups is 1. The third-order valence-electron chi connectivity index (χ3n) is 2.65. The molecule has 0 amide bonds. The lowest BCUT2D eigenvalue weighted by molar-refractivity contribution is 0.305. The van der Waals surface area contributed by atoms with Crippen LogP contribution in [0.5, 0.6) is 5.75 Å². The highest BCUT2D eigenvalue weighted by Gasteiger charge is 2.04. The summed E-state index contributed by atoms with van der Waals surface area (Å²) in [6.07, 6.45) is 1.49. The highest BCUT2D eigenvalue weighted by molar-refractivity contribution is 9.10. The molecule has 0 unspecified atom stereocenters. The number of ether oxygens (including phenoxy) is 1. The molecule has 0 saturated heterocycles. The van der Waals surface area contributed by atoms with E-state index in [0.717, 1.165) is 10.0 Å². The molecule has 2 aromatic carbocycles. The smallest absolute Gasteiger partial charge is 0.211 e. The molecule has 2 aromatic rings. The normalized spacial score (nSPS) is 10.6. The van der Waals surface area contributed by atoms with Crippen LogP contribution in [0.2, 0.25) is 0 Å². The predicted octanol–water partition coefficient (Wildman–Crippen LogP) is 2.77. The van der Waals surface area contributed by atoms with E-state index in [1.54, 1.807) is 18.2 Å². The highest BCUT2D eigenvalue weighted by Crippen LogP contribution is 2.23. The summed E-state index contributed by atoms with van der Waals surface area (Å²) in [5.74, 6) is 0.208. The van der Waals surface area contributed by atoms with Crippen molar-refractivity contribution in [3.05, 3.63) is 63.9 Å². The van der Waals surface area contributed by atoms with E-state index in [2.05, 4.69) is 26.1 Å². The van der Waals surface area contributed by atoms with E-state index in [1.807, 2.05) is 12.1 Å². The van der Waals surface area contributed by atoms with Crippen LogP contribution in [0, 0.1) is 5.82 Å². The van der Waals surface area contributed by atoms with Gasteiger partial charge in [-0.1, -0.05) is 28.1 Å². The SMILES string of the molecule is NC(N)=N/N=C/c1cc(Br)ccc1OCc1ccc(F)cc1. The monoisotopic (exact) mass is 364 g/mol. The van der Waals surface area contributed by atoms with Gasteiger partial charge >= 0.3 is 0 Å². The third-order valence-corrected chi connectivity index (χ3v) is 3.14. The molecule has 0 spiro atoms. The molecule has 0 heterocycles. The Hall–Kier alpha value is -2.41. The fraction of sp³-hybridized carbons (Fsp3) is 0.0667. The van der Waals surface area contributed by atoms with Gasteiger partial charge < -0.3 is 16.2 Å². The van der Waals surface area contributed by atoms with Gasteiger partial charge in [0.25, 0.3) is 0 Å². The molecular formula is C15H14BrFN4O. The zero-order valence-electron chi connectivity index (χ0n) is 11.5. The molecule has 0 aliphatic heterocycles. The molecule has 0 aliphatic carbocycles. The zero-order chi connectivity index (χ0) is 15.9. The van der Waals surface area contributed by atoms with E-state index in [4.69, 9.17) is 16.2 Å². The maximum absolute atomic E-state index is 12.9. The van der Waals surface area contributed by atoms with Gasteiger partial charge in [0.1, 0.15) is 18.2 Å². The van der Waals surface area contributed by atoms with Crippen LogP contribution in [0.4, 0.5) is 4.39 Å². The number of halogens is 2. The van der Waals surface area contributed by atoms with Gasteiger partial charge in [0, 0.05) is 10.0 Å². The summed E-state index contributed by atoms with van der Waals surface area (Å²) in [5, 5.41) is 7.32. The van der Waals surface area contributed by atoms with Gasteiger partial charge in [-0.05, 0) is 35.9 Å². The lowest BCUT2D eigenvalue weighted by atomic mass is 10.2. The van der Waals surface area contributed by atoms with Crippen LogP contribution in [0.1, 0.15) is 11.1 Å². The molecule has 0 bridgehead atoms.